The van der Waals surface area contributed by atoms with Gasteiger partial charge in [-0.1, -0.05) is 24.3 Å². The number of hydrogen-bond acceptors (Lipinski definition) is 3. The molecule has 3 N–H and O–H groups in total. The summed E-state index contributed by atoms with van der Waals surface area (Å²) in [6.45, 7) is 5.45. The molecule has 1 aromatic carbocycles. The van der Waals surface area contributed by atoms with E-state index in [-0.39, 0.29) is 5.91 Å². The Labute approximate surface area is 139 Å². The number of aromatic nitrogens is 1. The van der Waals surface area contributed by atoms with Crippen LogP contribution in [0.25, 0.3) is 17.2 Å². The largest absolute Gasteiger partial charge is 0.366 e. The Balaban J connectivity index is 2.09. The number of nitrogens with two attached hydrogens (primary N) is 1. The topological polar surface area (TPSA) is 85.1 Å². The number of benzene rings is 1. The Bertz CT molecular complexity index is 897. The van der Waals surface area contributed by atoms with E-state index in [1.165, 1.54) is 11.6 Å². The second-order valence-corrected chi connectivity index (χ2v) is 5.71. The van der Waals surface area contributed by atoms with Gasteiger partial charge in [-0.15, -0.1) is 0 Å². The van der Waals surface area contributed by atoms with Crippen LogP contribution in [0.1, 0.15) is 28.4 Å². The van der Waals surface area contributed by atoms with Gasteiger partial charge in [-0.3, -0.25) is 9.59 Å². The van der Waals surface area contributed by atoms with E-state index >= 15 is 0 Å². The minimum Gasteiger partial charge on any atom is -0.366 e. The third-order valence-corrected chi connectivity index (χ3v) is 3.98. The Morgan fingerprint density at radius 3 is 2.83 bits per heavy atom. The third-order valence-electron chi connectivity index (χ3n) is 3.98. The van der Waals surface area contributed by atoms with Crippen LogP contribution in [0.2, 0.25) is 0 Å². The quantitative estimate of drug-likeness (QED) is 0.850. The number of anilines is 1. The molecular weight excluding hydrogens is 302 g/mol. The van der Waals surface area contributed by atoms with Crippen LogP contribution >= 0.6 is 0 Å². The number of carbonyl (C=O) groups excluding carboxylic acids is 2. The van der Waals surface area contributed by atoms with E-state index in [2.05, 4.69) is 23.0 Å². The van der Waals surface area contributed by atoms with Gasteiger partial charge in [0.15, 0.2) is 0 Å². The first-order valence-electron chi connectivity index (χ1n) is 7.52. The maximum atomic E-state index is 11.7. The molecule has 0 spiro atoms. The highest BCUT2D eigenvalue weighted by atomic mass is 16.1. The molecule has 1 aromatic heterocycles. The number of allylic oxidation sites excluding steroid dienone is 1. The predicted octanol–water partition coefficient (Wildman–Crippen LogP) is 2.93. The molecule has 0 saturated heterocycles. The van der Waals surface area contributed by atoms with Gasteiger partial charge in [0.2, 0.25) is 11.8 Å². The number of primary amides is 1. The minimum absolute atomic E-state index is 0.315. The van der Waals surface area contributed by atoms with Crippen LogP contribution in [0.5, 0.6) is 0 Å². The van der Waals surface area contributed by atoms with E-state index in [0.717, 1.165) is 22.3 Å². The minimum atomic E-state index is -0.422. The van der Waals surface area contributed by atoms with E-state index in [9.17, 15) is 9.59 Å². The summed E-state index contributed by atoms with van der Waals surface area (Å²) in [7, 11) is 0. The summed E-state index contributed by atoms with van der Waals surface area (Å²) in [6.07, 6.45) is 5.61. The molecule has 24 heavy (non-hydrogen) atoms. The second kappa shape index (κ2) is 6.12. The van der Waals surface area contributed by atoms with Crippen LogP contribution in [-0.2, 0) is 11.2 Å². The summed E-state index contributed by atoms with van der Waals surface area (Å²) in [5, 5.41) is 2.65. The SMILES string of the molecule is C=CC(=O)Nc1cc(-c2ccc(C(N)=O)c3c2C=C(C)C3)ccn1. The number of hydrogen-bond donors (Lipinski definition) is 2. The van der Waals surface area contributed by atoms with Gasteiger partial charge >= 0.3 is 0 Å². The second-order valence-electron chi connectivity index (χ2n) is 5.71. The van der Waals surface area contributed by atoms with Crippen LogP contribution in [0.15, 0.2) is 48.7 Å². The summed E-state index contributed by atoms with van der Waals surface area (Å²) in [4.78, 5) is 27.2. The number of nitrogens with zero attached hydrogens (tertiary/aromatic N) is 1. The van der Waals surface area contributed by atoms with Gasteiger partial charge in [0.25, 0.3) is 0 Å². The van der Waals surface area contributed by atoms with E-state index in [4.69, 9.17) is 5.73 Å². The molecule has 1 heterocycles. The number of rotatable bonds is 4. The average molecular weight is 319 g/mol. The first-order valence-corrected chi connectivity index (χ1v) is 7.52. The van der Waals surface area contributed by atoms with Crippen molar-refractivity contribution in [2.75, 3.05) is 5.32 Å². The fraction of sp³-hybridized carbons (Fsp3) is 0.105. The van der Waals surface area contributed by atoms with E-state index < -0.39 is 5.91 Å². The normalized spacial score (nSPS) is 12.3. The lowest BCUT2D eigenvalue weighted by Crippen LogP contribution is -2.14. The summed E-state index contributed by atoms with van der Waals surface area (Å²) in [5.41, 5.74) is 11.0. The highest BCUT2D eigenvalue weighted by Gasteiger charge is 2.20. The maximum absolute atomic E-state index is 11.7. The summed E-state index contributed by atoms with van der Waals surface area (Å²) < 4.78 is 0. The zero-order valence-corrected chi connectivity index (χ0v) is 13.3. The molecule has 2 amide bonds. The Kier molecular flexibility index (Phi) is 4.00. The highest BCUT2D eigenvalue weighted by Crippen LogP contribution is 2.36. The molecular formula is C19H17N3O2. The van der Waals surface area contributed by atoms with Gasteiger partial charge < -0.3 is 11.1 Å². The van der Waals surface area contributed by atoms with Crippen molar-refractivity contribution < 1.29 is 9.59 Å². The van der Waals surface area contributed by atoms with Crippen molar-refractivity contribution in [1.29, 1.82) is 0 Å². The Morgan fingerprint density at radius 2 is 2.12 bits per heavy atom. The summed E-state index contributed by atoms with van der Waals surface area (Å²) >= 11 is 0. The number of nitrogens with one attached hydrogen (secondary N) is 1. The standard InChI is InChI=1S/C19H17N3O2/c1-3-18(23)22-17-10-12(6-7-21-17)13-4-5-14(19(20)24)16-9-11(2)8-15(13)16/h3-8,10H,1,9H2,2H3,(H2,20,24)(H,21,22,23). The van der Waals surface area contributed by atoms with Crippen LogP contribution in [0, 0.1) is 0 Å². The van der Waals surface area contributed by atoms with Gasteiger partial charge in [-0.05, 0) is 59.9 Å². The zero-order chi connectivity index (χ0) is 17.3. The lowest BCUT2D eigenvalue weighted by molar-refractivity contribution is -0.111. The van der Waals surface area contributed by atoms with Crippen molar-refractivity contribution in [3.8, 4) is 11.1 Å². The molecule has 5 heteroatoms. The van der Waals surface area contributed by atoms with Crippen LogP contribution in [0.3, 0.4) is 0 Å². The first kappa shape index (κ1) is 15.7. The number of pyridine rings is 1. The van der Waals surface area contributed by atoms with Crippen LogP contribution in [-0.4, -0.2) is 16.8 Å². The van der Waals surface area contributed by atoms with E-state index in [0.29, 0.717) is 17.8 Å². The number of amides is 2. The maximum Gasteiger partial charge on any atom is 0.249 e. The molecule has 2 aromatic rings. The van der Waals surface area contributed by atoms with Gasteiger partial charge in [-0.25, -0.2) is 4.98 Å². The molecule has 0 radical (unpaired) electrons. The first-order chi connectivity index (χ1) is 11.5. The molecule has 0 atom stereocenters. The van der Waals surface area contributed by atoms with Crippen molar-refractivity contribution in [1.82, 2.24) is 4.98 Å². The highest BCUT2D eigenvalue weighted by molar-refractivity contribution is 5.99. The average Bonchev–Trinajstić information content (AvgIpc) is 2.94. The zero-order valence-electron chi connectivity index (χ0n) is 13.3. The molecule has 0 aliphatic heterocycles. The number of carbonyl (C=O) groups is 2. The molecule has 0 saturated carbocycles. The Hall–Kier alpha value is -3.21. The Morgan fingerprint density at radius 1 is 1.33 bits per heavy atom. The summed E-state index contributed by atoms with van der Waals surface area (Å²) in [5.74, 6) is -0.289. The van der Waals surface area contributed by atoms with Crippen molar-refractivity contribution in [2.24, 2.45) is 5.73 Å². The number of fused-ring (bicyclic) bond motifs is 1. The summed E-state index contributed by atoms with van der Waals surface area (Å²) in [6, 6.07) is 7.29. The molecule has 0 fully saturated rings. The molecule has 1 aliphatic rings. The molecule has 1 aliphatic carbocycles. The smallest absolute Gasteiger partial charge is 0.249 e. The van der Waals surface area contributed by atoms with Crippen molar-refractivity contribution in [2.45, 2.75) is 13.3 Å². The van der Waals surface area contributed by atoms with Gasteiger partial charge in [0.05, 0.1) is 0 Å². The predicted molar refractivity (Wildman–Crippen MR) is 94.4 cm³/mol. The fourth-order valence-corrected chi connectivity index (χ4v) is 2.92. The monoisotopic (exact) mass is 319 g/mol. The molecule has 0 bridgehead atoms. The van der Waals surface area contributed by atoms with Crippen LogP contribution < -0.4 is 11.1 Å². The van der Waals surface area contributed by atoms with Crippen LogP contribution in [0.4, 0.5) is 5.82 Å². The molecule has 3 rings (SSSR count). The molecule has 120 valence electrons. The lowest BCUT2D eigenvalue weighted by atomic mass is 9.93. The van der Waals surface area contributed by atoms with Gasteiger partial charge in [0, 0.05) is 11.8 Å². The van der Waals surface area contributed by atoms with Gasteiger partial charge in [0.1, 0.15) is 5.82 Å². The third kappa shape index (κ3) is 2.84. The van der Waals surface area contributed by atoms with E-state index in [1.54, 1.807) is 18.3 Å². The van der Waals surface area contributed by atoms with E-state index in [1.807, 2.05) is 19.1 Å². The van der Waals surface area contributed by atoms with Crippen molar-refractivity contribution in [3.05, 3.63) is 65.4 Å². The van der Waals surface area contributed by atoms with Gasteiger partial charge in [-0.2, -0.15) is 0 Å². The molecule has 0 unspecified atom stereocenters. The molecule has 5 nitrogen and oxygen atoms in total. The lowest BCUT2D eigenvalue weighted by Gasteiger charge is -2.12. The fourth-order valence-electron chi connectivity index (χ4n) is 2.92. The van der Waals surface area contributed by atoms with Crippen molar-refractivity contribution >= 4 is 23.7 Å². The van der Waals surface area contributed by atoms with Crippen molar-refractivity contribution in [3.63, 3.8) is 0 Å².